The molecule has 1 fully saturated rings. The lowest BCUT2D eigenvalue weighted by atomic mass is 9.73. The number of benzene rings is 3. The van der Waals surface area contributed by atoms with E-state index in [1.165, 1.54) is 0 Å². The van der Waals surface area contributed by atoms with Crippen LogP contribution in [0.15, 0.2) is 93.8 Å². The molecule has 0 saturated carbocycles. The first-order valence-corrected chi connectivity index (χ1v) is 13.0. The zero-order valence-corrected chi connectivity index (χ0v) is 22.1. The Morgan fingerprint density at radius 3 is 2.27 bits per heavy atom. The van der Waals surface area contributed by atoms with E-state index in [-0.39, 0.29) is 23.9 Å². The van der Waals surface area contributed by atoms with Crippen molar-refractivity contribution >= 4 is 44.9 Å². The van der Waals surface area contributed by atoms with Gasteiger partial charge in [-0.1, -0.05) is 63.9 Å². The van der Waals surface area contributed by atoms with Gasteiger partial charge in [-0.25, -0.2) is 0 Å². The number of hydrogen-bond acceptors (Lipinski definition) is 5. The number of carbonyl (C=O) groups is 3. The molecular weight excluding hydrogens is 554 g/mol. The van der Waals surface area contributed by atoms with E-state index < -0.39 is 17.4 Å². The Bertz CT molecular complexity index is 1540. The Morgan fingerprint density at radius 1 is 0.946 bits per heavy atom. The SMILES string of the molecule is CN1C[C@H](C(=O)c2cccc(Br)c2)[C@@H](c2ccc(-c3ccc(Cl)cc3)o2)C12C(=O)c1ccccc1C2=O. The first-order chi connectivity index (χ1) is 17.8. The molecule has 6 rings (SSSR count). The van der Waals surface area contributed by atoms with Crippen molar-refractivity contribution in [3.63, 3.8) is 0 Å². The van der Waals surface area contributed by atoms with E-state index >= 15 is 0 Å². The molecule has 0 N–H and O–H groups in total. The Hall–Kier alpha value is -3.32. The summed E-state index contributed by atoms with van der Waals surface area (Å²) in [5.74, 6) is -1.22. The quantitative estimate of drug-likeness (QED) is 0.200. The minimum Gasteiger partial charge on any atom is -0.461 e. The molecular formula is C30H21BrClNO4. The van der Waals surface area contributed by atoms with Gasteiger partial charge in [0.05, 0.1) is 5.92 Å². The number of Topliss-reactive ketones (excluding diaryl/α,β-unsaturated/α-hetero) is 3. The molecule has 2 atom stereocenters. The number of rotatable bonds is 4. The second kappa shape index (κ2) is 8.91. The van der Waals surface area contributed by atoms with Crippen molar-refractivity contribution in [3.8, 4) is 11.3 Å². The van der Waals surface area contributed by atoms with Gasteiger partial charge >= 0.3 is 0 Å². The number of likely N-dealkylation sites (N-methyl/N-ethyl adjacent to an activating group) is 1. The van der Waals surface area contributed by atoms with E-state index in [0.717, 1.165) is 10.0 Å². The van der Waals surface area contributed by atoms with Crippen LogP contribution in [-0.4, -0.2) is 41.4 Å². The number of halogens is 2. The maximum atomic E-state index is 14.1. The van der Waals surface area contributed by atoms with E-state index in [9.17, 15) is 14.4 Å². The third kappa shape index (κ3) is 3.58. The van der Waals surface area contributed by atoms with Gasteiger partial charge < -0.3 is 4.42 Å². The van der Waals surface area contributed by atoms with Crippen LogP contribution in [0.5, 0.6) is 0 Å². The Labute approximate surface area is 227 Å². The van der Waals surface area contributed by atoms with Gasteiger partial charge in [0.2, 0.25) is 0 Å². The summed E-state index contributed by atoms with van der Waals surface area (Å²) in [6.07, 6.45) is 0. The topological polar surface area (TPSA) is 67.6 Å². The predicted octanol–water partition coefficient (Wildman–Crippen LogP) is 6.71. The first kappa shape index (κ1) is 24.0. The summed E-state index contributed by atoms with van der Waals surface area (Å²) in [5, 5.41) is 0.603. The van der Waals surface area contributed by atoms with Crippen molar-refractivity contribution in [2.24, 2.45) is 5.92 Å². The number of carbonyl (C=O) groups excluding carboxylic acids is 3. The monoisotopic (exact) mass is 573 g/mol. The van der Waals surface area contributed by atoms with Crippen molar-refractivity contribution in [2.75, 3.05) is 13.6 Å². The van der Waals surface area contributed by atoms with Crippen molar-refractivity contribution in [3.05, 3.63) is 117 Å². The molecule has 1 aromatic heterocycles. The van der Waals surface area contributed by atoms with E-state index in [2.05, 4.69) is 15.9 Å². The fourth-order valence-corrected chi connectivity index (χ4v) is 6.40. The van der Waals surface area contributed by atoms with E-state index in [1.807, 2.05) is 24.3 Å². The summed E-state index contributed by atoms with van der Waals surface area (Å²) < 4.78 is 7.11. The lowest BCUT2D eigenvalue weighted by Gasteiger charge is -2.33. The fraction of sp³-hybridized carbons (Fsp3) is 0.167. The molecule has 2 heterocycles. The third-order valence-electron chi connectivity index (χ3n) is 7.54. The second-order valence-corrected chi connectivity index (χ2v) is 10.9. The van der Waals surface area contributed by atoms with Crippen LogP contribution in [0.1, 0.15) is 42.8 Å². The smallest absolute Gasteiger partial charge is 0.192 e. The molecule has 7 heteroatoms. The second-order valence-electron chi connectivity index (χ2n) is 9.52. The maximum absolute atomic E-state index is 14.1. The predicted molar refractivity (Wildman–Crippen MR) is 144 cm³/mol. The molecule has 1 spiro atoms. The highest BCUT2D eigenvalue weighted by molar-refractivity contribution is 9.10. The van der Waals surface area contributed by atoms with Crippen LogP contribution in [0.3, 0.4) is 0 Å². The molecule has 0 unspecified atom stereocenters. The number of hydrogen-bond donors (Lipinski definition) is 0. The molecule has 0 amide bonds. The van der Waals surface area contributed by atoms with Gasteiger partial charge in [0.15, 0.2) is 22.9 Å². The highest BCUT2D eigenvalue weighted by Gasteiger charge is 2.68. The highest BCUT2D eigenvalue weighted by atomic mass is 79.9. The molecule has 1 saturated heterocycles. The Balaban J connectivity index is 1.52. The molecule has 5 nitrogen and oxygen atoms in total. The van der Waals surface area contributed by atoms with Gasteiger partial charge in [-0.3, -0.25) is 19.3 Å². The van der Waals surface area contributed by atoms with Gasteiger partial charge in [-0.15, -0.1) is 0 Å². The largest absolute Gasteiger partial charge is 0.461 e. The summed E-state index contributed by atoms with van der Waals surface area (Å²) >= 11 is 9.50. The van der Waals surface area contributed by atoms with Crippen LogP contribution >= 0.6 is 27.5 Å². The van der Waals surface area contributed by atoms with Gasteiger partial charge in [0.1, 0.15) is 11.5 Å². The van der Waals surface area contributed by atoms with Crippen LogP contribution in [0.2, 0.25) is 5.02 Å². The van der Waals surface area contributed by atoms with E-state index in [0.29, 0.717) is 33.2 Å². The molecule has 1 aliphatic carbocycles. The number of furan rings is 1. The maximum Gasteiger partial charge on any atom is 0.192 e. The molecule has 184 valence electrons. The number of nitrogens with zero attached hydrogens (tertiary/aromatic N) is 1. The summed E-state index contributed by atoms with van der Waals surface area (Å²) in [5.41, 5.74) is 0.507. The lowest BCUT2D eigenvalue weighted by Crippen LogP contribution is -2.54. The highest BCUT2D eigenvalue weighted by Crippen LogP contribution is 2.53. The Kier molecular flexibility index (Phi) is 5.79. The standard InChI is InChI=1S/C30H21BrClNO4/c1-33-16-23(27(34)18-5-4-6-19(31)15-18)26(25-14-13-24(37-25)17-9-11-20(32)12-10-17)30(33)28(35)21-7-2-3-8-22(21)29(30)36/h2-15,23,26H,16H2,1H3/t23-,26-/m0/s1. The zero-order chi connectivity index (χ0) is 25.9. The number of fused-ring (bicyclic) bond motifs is 1. The van der Waals surface area contributed by atoms with Gasteiger partial charge in [0.25, 0.3) is 0 Å². The van der Waals surface area contributed by atoms with Gasteiger partial charge in [0, 0.05) is 44.2 Å². The number of likely N-dealkylation sites (tertiary alicyclic amines) is 1. The van der Waals surface area contributed by atoms with E-state index in [4.69, 9.17) is 16.0 Å². The van der Waals surface area contributed by atoms with Gasteiger partial charge in [-0.05, 0) is 55.6 Å². The van der Waals surface area contributed by atoms with Crippen LogP contribution in [0, 0.1) is 5.92 Å². The molecule has 0 radical (unpaired) electrons. The van der Waals surface area contributed by atoms with E-state index in [1.54, 1.807) is 72.6 Å². The van der Waals surface area contributed by atoms with Crippen LogP contribution < -0.4 is 0 Å². The molecule has 2 aliphatic rings. The molecule has 37 heavy (non-hydrogen) atoms. The summed E-state index contributed by atoms with van der Waals surface area (Å²) in [4.78, 5) is 43.8. The minimum atomic E-state index is -1.56. The summed E-state index contributed by atoms with van der Waals surface area (Å²) in [6, 6.07) is 24.8. The van der Waals surface area contributed by atoms with Gasteiger partial charge in [-0.2, -0.15) is 0 Å². The normalized spacial score (nSPS) is 20.5. The summed E-state index contributed by atoms with van der Waals surface area (Å²) in [6.45, 7) is 0.235. The number of ketones is 3. The molecule has 0 bridgehead atoms. The van der Waals surface area contributed by atoms with Crippen molar-refractivity contribution in [2.45, 2.75) is 11.5 Å². The van der Waals surface area contributed by atoms with Crippen LogP contribution in [0.4, 0.5) is 0 Å². The van der Waals surface area contributed by atoms with Crippen LogP contribution in [-0.2, 0) is 0 Å². The average molecular weight is 575 g/mol. The van der Waals surface area contributed by atoms with Crippen LogP contribution in [0.25, 0.3) is 11.3 Å². The Morgan fingerprint density at radius 2 is 1.62 bits per heavy atom. The zero-order valence-electron chi connectivity index (χ0n) is 19.8. The van der Waals surface area contributed by atoms with Crippen molar-refractivity contribution in [1.29, 1.82) is 0 Å². The first-order valence-electron chi connectivity index (χ1n) is 11.9. The summed E-state index contributed by atoms with van der Waals surface area (Å²) in [7, 11) is 1.74. The molecule has 1 aliphatic heterocycles. The lowest BCUT2D eigenvalue weighted by molar-refractivity contribution is 0.0594. The third-order valence-corrected chi connectivity index (χ3v) is 8.29. The van der Waals surface area contributed by atoms with Crippen molar-refractivity contribution < 1.29 is 18.8 Å². The average Bonchev–Trinajstić information content (AvgIpc) is 3.56. The molecule has 4 aromatic rings. The fourth-order valence-electron chi connectivity index (χ4n) is 5.88. The molecule has 3 aromatic carbocycles. The van der Waals surface area contributed by atoms with Crippen molar-refractivity contribution in [1.82, 2.24) is 4.90 Å². The minimum absolute atomic E-state index is 0.143.